The Balaban J connectivity index is 1.93. The highest BCUT2D eigenvalue weighted by molar-refractivity contribution is 5.96. The standard InChI is InChI=1S/C20H28N6O2/c1-2-3-4-8-13-22-20(28)23-16(14-17(21)27)19-24-18(25-26-19)12-11-15-9-6-5-7-10-15/h5-7,9-10,14H,2-4,8,11-13H2,1H3,(H2,21,27)(H2,22,23,28)(H,24,25,26)/b16-14+. The Labute approximate surface area is 165 Å². The monoisotopic (exact) mass is 384 g/mol. The van der Waals surface area contributed by atoms with Gasteiger partial charge in [-0.3, -0.25) is 9.89 Å². The van der Waals surface area contributed by atoms with Crippen molar-refractivity contribution in [3.05, 3.63) is 53.6 Å². The van der Waals surface area contributed by atoms with Crippen molar-refractivity contribution in [2.45, 2.75) is 45.4 Å². The number of urea groups is 1. The van der Waals surface area contributed by atoms with Gasteiger partial charge in [0, 0.05) is 19.0 Å². The van der Waals surface area contributed by atoms with Crippen LogP contribution in [0.25, 0.3) is 5.70 Å². The van der Waals surface area contributed by atoms with Crippen LogP contribution in [0, 0.1) is 0 Å². The first-order chi connectivity index (χ1) is 13.6. The molecule has 0 spiro atoms. The number of benzene rings is 1. The topological polar surface area (TPSA) is 126 Å². The zero-order chi connectivity index (χ0) is 20.2. The van der Waals surface area contributed by atoms with Gasteiger partial charge >= 0.3 is 6.03 Å². The number of carbonyl (C=O) groups is 2. The maximum absolute atomic E-state index is 12.1. The van der Waals surface area contributed by atoms with Crippen LogP contribution in [0.4, 0.5) is 4.79 Å². The number of hydrogen-bond donors (Lipinski definition) is 4. The minimum atomic E-state index is -0.686. The predicted octanol–water partition coefficient (Wildman–Crippen LogP) is 2.30. The largest absolute Gasteiger partial charge is 0.366 e. The number of amides is 3. The second kappa shape index (κ2) is 11.5. The fraction of sp³-hybridized carbons (Fsp3) is 0.400. The molecule has 150 valence electrons. The number of H-pyrrole nitrogens is 1. The molecule has 0 atom stereocenters. The molecule has 0 aliphatic carbocycles. The summed E-state index contributed by atoms with van der Waals surface area (Å²) >= 11 is 0. The molecule has 8 heteroatoms. The van der Waals surface area contributed by atoms with E-state index in [-0.39, 0.29) is 11.5 Å². The van der Waals surface area contributed by atoms with E-state index in [1.54, 1.807) is 0 Å². The number of unbranched alkanes of at least 4 members (excludes halogenated alkanes) is 3. The van der Waals surface area contributed by atoms with E-state index >= 15 is 0 Å². The smallest absolute Gasteiger partial charge is 0.319 e. The molecule has 0 saturated heterocycles. The minimum absolute atomic E-state index is 0.167. The van der Waals surface area contributed by atoms with Gasteiger partial charge in [-0.15, -0.1) is 0 Å². The van der Waals surface area contributed by atoms with Crippen LogP contribution in [0.5, 0.6) is 0 Å². The van der Waals surface area contributed by atoms with Gasteiger partial charge in [0.15, 0.2) is 5.82 Å². The van der Waals surface area contributed by atoms with Crippen molar-refractivity contribution in [2.75, 3.05) is 6.54 Å². The number of aromatic nitrogens is 3. The molecule has 0 unspecified atom stereocenters. The lowest BCUT2D eigenvalue weighted by molar-refractivity contribution is -0.113. The van der Waals surface area contributed by atoms with Gasteiger partial charge in [-0.05, 0) is 18.4 Å². The van der Waals surface area contributed by atoms with Gasteiger partial charge in [0.2, 0.25) is 5.91 Å². The van der Waals surface area contributed by atoms with E-state index in [0.29, 0.717) is 18.8 Å². The van der Waals surface area contributed by atoms with Gasteiger partial charge in [-0.1, -0.05) is 56.5 Å². The highest BCUT2D eigenvalue weighted by Crippen LogP contribution is 2.08. The van der Waals surface area contributed by atoms with E-state index in [2.05, 4.69) is 32.7 Å². The van der Waals surface area contributed by atoms with Crippen molar-refractivity contribution in [2.24, 2.45) is 5.73 Å². The SMILES string of the molecule is CCCCCCNC(=O)N/C(=C/C(N)=O)c1n[nH]c(CCc2ccccc2)n1. The van der Waals surface area contributed by atoms with Gasteiger partial charge in [-0.2, -0.15) is 5.10 Å². The fourth-order valence-electron chi connectivity index (χ4n) is 2.65. The van der Waals surface area contributed by atoms with Crippen LogP contribution in [0.15, 0.2) is 36.4 Å². The lowest BCUT2D eigenvalue weighted by Gasteiger charge is -2.08. The zero-order valence-electron chi connectivity index (χ0n) is 16.2. The second-order valence-electron chi connectivity index (χ2n) is 6.49. The van der Waals surface area contributed by atoms with Gasteiger partial charge in [0.05, 0.1) is 5.70 Å². The van der Waals surface area contributed by atoms with Crippen LogP contribution >= 0.6 is 0 Å². The Morgan fingerprint density at radius 2 is 1.93 bits per heavy atom. The van der Waals surface area contributed by atoms with Crippen molar-refractivity contribution in [1.82, 2.24) is 25.8 Å². The molecule has 8 nitrogen and oxygen atoms in total. The summed E-state index contributed by atoms with van der Waals surface area (Å²) in [7, 11) is 0. The molecule has 2 rings (SSSR count). The van der Waals surface area contributed by atoms with Crippen molar-refractivity contribution >= 4 is 17.6 Å². The van der Waals surface area contributed by atoms with E-state index < -0.39 is 11.9 Å². The number of carbonyl (C=O) groups excluding carboxylic acids is 2. The first-order valence-corrected chi connectivity index (χ1v) is 9.60. The number of primary amides is 1. The van der Waals surface area contributed by atoms with Gasteiger partial charge in [0.25, 0.3) is 0 Å². The first-order valence-electron chi connectivity index (χ1n) is 9.60. The average molecular weight is 384 g/mol. The molecule has 2 aromatic rings. The van der Waals surface area contributed by atoms with E-state index in [1.807, 2.05) is 30.3 Å². The predicted molar refractivity (Wildman–Crippen MR) is 108 cm³/mol. The van der Waals surface area contributed by atoms with Crippen LogP contribution in [0.1, 0.15) is 49.8 Å². The van der Waals surface area contributed by atoms with Gasteiger partial charge < -0.3 is 16.4 Å². The molecule has 1 heterocycles. The Hall–Kier alpha value is -3.16. The maximum Gasteiger partial charge on any atom is 0.319 e. The number of nitrogens with two attached hydrogens (primary N) is 1. The number of hydrogen-bond acceptors (Lipinski definition) is 4. The van der Waals surface area contributed by atoms with Crippen LogP contribution in [-0.4, -0.2) is 33.7 Å². The molecule has 3 amide bonds. The van der Waals surface area contributed by atoms with E-state index in [4.69, 9.17) is 5.73 Å². The summed E-state index contributed by atoms with van der Waals surface area (Å²) < 4.78 is 0. The lowest BCUT2D eigenvalue weighted by Crippen LogP contribution is -2.35. The average Bonchev–Trinajstić information content (AvgIpc) is 3.15. The molecule has 0 bridgehead atoms. The Morgan fingerprint density at radius 3 is 2.64 bits per heavy atom. The van der Waals surface area contributed by atoms with E-state index in [0.717, 1.165) is 38.2 Å². The molecule has 1 aromatic heterocycles. The molecule has 5 N–H and O–H groups in total. The number of nitrogens with one attached hydrogen (secondary N) is 3. The minimum Gasteiger partial charge on any atom is -0.366 e. The Kier molecular flexibility index (Phi) is 8.71. The summed E-state index contributed by atoms with van der Waals surface area (Å²) in [6.45, 7) is 2.69. The Bertz CT molecular complexity index is 785. The molecule has 1 aromatic carbocycles. The summed E-state index contributed by atoms with van der Waals surface area (Å²) in [5.41, 5.74) is 6.61. The summed E-state index contributed by atoms with van der Waals surface area (Å²) in [4.78, 5) is 27.8. The highest BCUT2D eigenvalue weighted by atomic mass is 16.2. The molecule has 0 aliphatic heterocycles. The van der Waals surface area contributed by atoms with Crippen molar-refractivity contribution in [3.8, 4) is 0 Å². The molecule has 0 fully saturated rings. The second-order valence-corrected chi connectivity index (χ2v) is 6.49. The lowest BCUT2D eigenvalue weighted by atomic mass is 10.1. The van der Waals surface area contributed by atoms with Gasteiger partial charge in [-0.25, -0.2) is 9.78 Å². The fourth-order valence-corrected chi connectivity index (χ4v) is 2.65. The van der Waals surface area contributed by atoms with Crippen molar-refractivity contribution < 1.29 is 9.59 Å². The molecular formula is C20H28N6O2. The molecular weight excluding hydrogens is 356 g/mol. The number of rotatable bonds is 11. The maximum atomic E-state index is 12.1. The molecule has 0 saturated carbocycles. The zero-order valence-corrected chi connectivity index (χ0v) is 16.2. The van der Waals surface area contributed by atoms with Crippen LogP contribution in [-0.2, 0) is 17.6 Å². The third kappa shape index (κ3) is 7.61. The quantitative estimate of drug-likeness (QED) is 0.350. The summed E-state index contributed by atoms with van der Waals surface area (Å²) in [5, 5.41) is 12.3. The summed E-state index contributed by atoms with van der Waals surface area (Å²) in [5.74, 6) is 0.202. The number of aromatic amines is 1. The van der Waals surface area contributed by atoms with Crippen molar-refractivity contribution in [1.29, 1.82) is 0 Å². The molecule has 28 heavy (non-hydrogen) atoms. The first kappa shape index (κ1) is 21.1. The molecule has 0 aliphatic rings. The van der Waals surface area contributed by atoms with Crippen molar-refractivity contribution in [3.63, 3.8) is 0 Å². The number of aryl methyl sites for hydroxylation is 2. The third-order valence-electron chi connectivity index (χ3n) is 4.12. The Morgan fingerprint density at radius 1 is 1.14 bits per heavy atom. The number of nitrogens with zero attached hydrogens (tertiary/aromatic N) is 2. The summed E-state index contributed by atoms with van der Waals surface area (Å²) in [6, 6.07) is 9.61. The molecule has 0 radical (unpaired) electrons. The van der Waals surface area contributed by atoms with Crippen LogP contribution < -0.4 is 16.4 Å². The van der Waals surface area contributed by atoms with Gasteiger partial charge in [0.1, 0.15) is 5.82 Å². The summed E-state index contributed by atoms with van der Waals surface area (Å²) in [6.07, 6.45) is 6.81. The van der Waals surface area contributed by atoms with Crippen LogP contribution in [0.2, 0.25) is 0 Å². The third-order valence-corrected chi connectivity index (χ3v) is 4.12. The van der Waals surface area contributed by atoms with E-state index in [1.165, 1.54) is 5.56 Å². The van der Waals surface area contributed by atoms with Crippen LogP contribution in [0.3, 0.4) is 0 Å². The normalized spacial score (nSPS) is 11.2. The van der Waals surface area contributed by atoms with E-state index in [9.17, 15) is 9.59 Å². The highest BCUT2D eigenvalue weighted by Gasteiger charge is 2.13.